The highest BCUT2D eigenvalue weighted by atomic mass is 24.3. The predicted molar refractivity (Wildman–Crippen MR) is 68.7 cm³/mol. The zero-order chi connectivity index (χ0) is 14.9. The number of hydrogen-bond acceptors (Lipinski definition) is 6. The van der Waals surface area contributed by atoms with Gasteiger partial charge in [0.1, 0.15) is 12.1 Å². The molecule has 2 atom stereocenters. The van der Waals surface area contributed by atoms with Crippen LogP contribution in [0.1, 0.15) is 12.8 Å². The summed E-state index contributed by atoms with van der Waals surface area (Å²) >= 11 is 0. The topological polar surface area (TPSA) is 264 Å². The molecule has 0 aliphatic rings. The number of hydrogen-bond donors (Lipinski definition) is 6. The van der Waals surface area contributed by atoms with Gasteiger partial charge in [-0.15, -0.1) is 0 Å². The Morgan fingerprint density at radius 3 is 0.952 bits per heavy atom. The van der Waals surface area contributed by atoms with Gasteiger partial charge in [-0.05, 0) is 0 Å². The van der Waals surface area contributed by atoms with Crippen molar-refractivity contribution in [3.63, 3.8) is 0 Å². The van der Waals surface area contributed by atoms with Crippen molar-refractivity contribution >= 4 is 46.9 Å². The van der Waals surface area contributed by atoms with E-state index in [1.54, 1.807) is 0 Å². The van der Waals surface area contributed by atoms with Crippen LogP contribution in [-0.4, -0.2) is 90.4 Å². The first kappa shape index (κ1) is 31.7. The van der Waals surface area contributed by atoms with Crippen molar-refractivity contribution in [2.75, 3.05) is 0 Å². The number of carbonyl (C=O) groups is 4. The second kappa shape index (κ2) is 16.5. The fourth-order valence-electron chi connectivity index (χ4n) is 0.551. The summed E-state index contributed by atoms with van der Waals surface area (Å²) in [5.41, 5.74) is 9.67. The van der Waals surface area contributed by atoms with Crippen LogP contribution in [0.5, 0.6) is 0 Å². The molecule has 0 amide bonds. The molecule has 0 aromatic rings. The van der Waals surface area contributed by atoms with E-state index in [0.29, 0.717) is 0 Å². The van der Waals surface area contributed by atoms with Crippen molar-refractivity contribution in [1.82, 2.24) is 0 Å². The Morgan fingerprint density at radius 1 is 0.714 bits per heavy atom. The van der Waals surface area contributed by atoms with E-state index in [1.807, 2.05) is 0 Å². The van der Waals surface area contributed by atoms with Crippen LogP contribution in [0, 0.1) is 0 Å². The van der Waals surface area contributed by atoms with Crippen LogP contribution in [0.25, 0.3) is 0 Å². The number of carboxylic acid groups (broad SMARTS) is 4. The smallest absolute Gasteiger partial charge is 0.321 e. The maximum Gasteiger partial charge on any atom is 0.321 e. The van der Waals surface area contributed by atoms with E-state index in [1.165, 1.54) is 0 Å². The molecule has 13 heteroatoms. The first-order valence-corrected chi connectivity index (χ1v) is 4.48. The zero-order valence-electron chi connectivity index (χ0n) is 10.9. The average molecular weight is 327 g/mol. The normalized spacial score (nSPS) is 10.8. The Hall–Kier alpha value is -1.51. The maximum atomic E-state index is 9.85. The molecule has 0 unspecified atom stereocenters. The highest BCUT2D eigenvalue weighted by Gasteiger charge is 2.15. The Kier molecular flexibility index (Phi) is 25.0. The summed E-state index contributed by atoms with van der Waals surface area (Å²) in [4.78, 5) is 39.2. The first-order valence-electron chi connectivity index (χ1n) is 4.48. The number of nitrogens with two attached hydrogens (primary N) is 2. The van der Waals surface area contributed by atoms with Crippen LogP contribution < -0.4 is 11.5 Å². The van der Waals surface area contributed by atoms with Gasteiger partial charge in [-0.2, -0.15) is 0 Å². The molecule has 0 spiro atoms. The highest BCUT2D eigenvalue weighted by Crippen LogP contribution is 1.86. The van der Waals surface area contributed by atoms with Crippen molar-refractivity contribution in [3.05, 3.63) is 0 Å². The molecule has 0 aromatic heterocycles. The van der Waals surface area contributed by atoms with Gasteiger partial charge in [0, 0.05) is 23.1 Å². The third-order valence-electron chi connectivity index (χ3n) is 1.42. The van der Waals surface area contributed by atoms with Gasteiger partial charge in [-0.25, -0.2) is 0 Å². The van der Waals surface area contributed by atoms with E-state index in [9.17, 15) is 19.2 Å². The van der Waals surface area contributed by atoms with Gasteiger partial charge in [0.15, 0.2) is 0 Å². The van der Waals surface area contributed by atoms with Crippen molar-refractivity contribution in [3.8, 4) is 0 Å². The molecule has 0 saturated heterocycles. The molecule has 0 aliphatic carbocycles. The van der Waals surface area contributed by atoms with E-state index in [0.717, 1.165) is 0 Å². The number of rotatable bonds is 6. The van der Waals surface area contributed by atoms with Gasteiger partial charge in [-0.1, -0.05) is 0 Å². The third-order valence-corrected chi connectivity index (χ3v) is 1.42. The fourth-order valence-corrected chi connectivity index (χ4v) is 0.551. The van der Waals surface area contributed by atoms with Crippen molar-refractivity contribution in [1.29, 1.82) is 0 Å². The second-order valence-corrected chi connectivity index (χ2v) is 3.09. The SMILES string of the molecule is N[C@@H](CC(=O)O)C(=O)O.N[C@@H](CC(=O)O)C(=O)O.O.O.[Mg]. The average Bonchev–Trinajstić information content (AvgIpc) is 2.16. The summed E-state index contributed by atoms with van der Waals surface area (Å²) in [5, 5.41) is 32.1. The van der Waals surface area contributed by atoms with Gasteiger partial charge in [0.2, 0.25) is 0 Å². The summed E-state index contributed by atoms with van der Waals surface area (Å²) in [5.74, 6) is -5.00. The molecule has 0 heterocycles. The molecule has 0 fully saturated rings. The maximum absolute atomic E-state index is 9.85. The Morgan fingerprint density at radius 2 is 0.905 bits per heavy atom. The van der Waals surface area contributed by atoms with Gasteiger partial charge < -0.3 is 42.8 Å². The van der Waals surface area contributed by atoms with Crippen molar-refractivity contribution < 1.29 is 50.6 Å². The molecule has 2 radical (unpaired) electrons. The van der Waals surface area contributed by atoms with Gasteiger partial charge in [0.05, 0.1) is 12.8 Å². The Labute approximate surface area is 134 Å². The quantitative estimate of drug-likeness (QED) is 0.255. The molecule has 0 bridgehead atoms. The van der Waals surface area contributed by atoms with Crippen LogP contribution >= 0.6 is 0 Å². The minimum atomic E-state index is -1.29. The lowest BCUT2D eigenvalue weighted by Gasteiger charge is -1.99. The van der Waals surface area contributed by atoms with Crippen molar-refractivity contribution in [2.24, 2.45) is 11.5 Å². The molecule has 12 nitrogen and oxygen atoms in total. The summed E-state index contributed by atoms with van der Waals surface area (Å²) < 4.78 is 0. The number of aliphatic carboxylic acids is 4. The van der Waals surface area contributed by atoms with Crippen LogP contribution in [0.2, 0.25) is 0 Å². The first-order chi connectivity index (χ1) is 8.07. The largest absolute Gasteiger partial charge is 0.481 e. The van der Waals surface area contributed by atoms with Crippen LogP contribution in [0.15, 0.2) is 0 Å². The van der Waals surface area contributed by atoms with E-state index in [2.05, 4.69) is 0 Å². The van der Waals surface area contributed by atoms with Crippen molar-refractivity contribution in [2.45, 2.75) is 24.9 Å². The minimum Gasteiger partial charge on any atom is -0.481 e. The van der Waals surface area contributed by atoms with E-state index >= 15 is 0 Å². The Bertz CT molecular complexity index is 305. The second-order valence-electron chi connectivity index (χ2n) is 3.09. The lowest BCUT2D eigenvalue weighted by Crippen LogP contribution is -2.32. The zero-order valence-corrected chi connectivity index (χ0v) is 12.3. The molecular weight excluding hydrogens is 308 g/mol. The monoisotopic (exact) mass is 326 g/mol. The molecule has 0 aliphatic heterocycles. The summed E-state index contributed by atoms with van der Waals surface area (Å²) in [6, 6.07) is -2.58. The molecule has 122 valence electrons. The van der Waals surface area contributed by atoms with E-state index < -0.39 is 48.8 Å². The lowest BCUT2D eigenvalue weighted by atomic mass is 10.2. The van der Waals surface area contributed by atoms with Gasteiger partial charge >= 0.3 is 23.9 Å². The molecule has 12 N–H and O–H groups in total. The van der Waals surface area contributed by atoms with Crippen LogP contribution in [0.3, 0.4) is 0 Å². The standard InChI is InChI=1S/2C4H7NO4.Mg.2H2O/c2*5-2(4(8)9)1-3(6)7;;;/h2*2H,1,5H2,(H,6,7)(H,8,9);;2*1H2/t2*2-;;;/m00.../s1. The molecule has 0 saturated carbocycles. The predicted octanol–water partition coefficient (Wildman–Crippen LogP) is -4.28. The van der Waals surface area contributed by atoms with E-state index in [-0.39, 0.29) is 34.0 Å². The summed E-state index contributed by atoms with van der Waals surface area (Å²) in [6.07, 6.45) is -1.06. The van der Waals surface area contributed by atoms with Gasteiger partial charge in [-0.3, -0.25) is 19.2 Å². The Balaban J connectivity index is -0.0000000711. The molecule has 0 rings (SSSR count). The number of carboxylic acids is 4. The molecular formula is C8H18MgN2O10. The summed E-state index contributed by atoms with van der Waals surface area (Å²) in [7, 11) is 0. The molecule has 21 heavy (non-hydrogen) atoms. The van der Waals surface area contributed by atoms with Crippen LogP contribution in [-0.2, 0) is 19.2 Å². The molecule has 0 aromatic carbocycles. The third kappa shape index (κ3) is 23.9. The fraction of sp³-hybridized carbons (Fsp3) is 0.500. The summed E-state index contributed by atoms with van der Waals surface area (Å²) in [6.45, 7) is 0. The highest BCUT2D eigenvalue weighted by molar-refractivity contribution is 5.80. The lowest BCUT2D eigenvalue weighted by molar-refractivity contribution is -0.144. The minimum absolute atomic E-state index is 0. The van der Waals surface area contributed by atoms with E-state index in [4.69, 9.17) is 31.9 Å². The van der Waals surface area contributed by atoms with Crippen LogP contribution in [0.4, 0.5) is 0 Å². The van der Waals surface area contributed by atoms with Gasteiger partial charge in [0.25, 0.3) is 0 Å².